The molecule has 6 nitrogen and oxygen atoms in total. The molecule has 1 aliphatic heterocycles. The van der Waals surface area contributed by atoms with Gasteiger partial charge in [-0.1, -0.05) is 37.0 Å². The van der Waals surface area contributed by atoms with E-state index < -0.39 is 5.97 Å². The summed E-state index contributed by atoms with van der Waals surface area (Å²) in [5.41, 5.74) is 0.889. The number of carbonyl (C=O) groups excluding carboxylic acids is 2. The first-order valence-corrected chi connectivity index (χ1v) is 14.4. The van der Waals surface area contributed by atoms with E-state index >= 15 is 0 Å². The quantitative estimate of drug-likeness (QED) is 0.456. The molecule has 4 rings (SSSR count). The molecule has 2 aliphatic rings. The number of hydrogen-bond acceptors (Lipinski definition) is 4. The highest BCUT2D eigenvalue weighted by Gasteiger charge is 2.37. The number of aromatic carboxylic acids is 1. The van der Waals surface area contributed by atoms with Crippen molar-refractivity contribution in [3.63, 3.8) is 0 Å². The van der Waals surface area contributed by atoms with Gasteiger partial charge < -0.3 is 14.9 Å². The Morgan fingerprint density at radius 3 is 2.21 bits per heavy atom. The maximum atomic E-state index is 14.1. The molecular formula is C31H38N2O4S. The van der Waals surface area contributed by atoms with Gasteiger partial charge in [-0.2, -0.15) is 0 Å². The van der Waals surface area contributed by atoms with Gasteiger partial charge in [-0.3, -0.25) is 9.59 Å². The Balaban J connectivity index is 1.63. The largest absolute Gasteiger partial charge is 0.477 e. The third-order valence-electron chi connectivity index (χ3n) is 7.47. The number of carbonyl (C=O) groups is 3. The molecule has 1 aliphatic carbocycles. The van der Waals surface area contributed by atoms with Crippen LogP contribution in [-0.4, -0.2) is 46.9 Å². The average molecular weight is 535 g/mol. The second kappa shape index (κ2) is 11.7. The van der Waals surface area contributed by atoms with Crippen LogP contribution in [0, 0.1) is 29.1 Å². The van der Waals surface area contributed by atoms with Gasteiger partial charge in [-0.05, 0) is 83.4 Å². The summed E-state index contributed by atoms with van der Waals surface area (Å²) in [6.45, 7) is 9.30. The van der Waals surface area contributed by atoms with E-state index in [9.17, 15) is 19.5 Å². The molecule has 1 saturated heterocycles. The summed E-state index contributed by atoms with van der Waals surface area (Å²) in [6.07, 6.45) is 4.87. The molecule has 0 spiro atoms. The Morgan fingerprint density at radius 1 is 1.00 bits per heavy atom. The second-order valence-electron chi connectivity index (χ2n) is 11.7. The van der Waals surface area contributed by atoms with Crippen molar-refractivity contribution in [2.24, 2.45) is 17.3 Å². The minimum atomic E-state index is -1.04. The molecule has 7 heteroatoms. The predicted molar refractivity (Wildman–Crippen MR) is 152 cm³/mol. The number of carboxylic acids is 1. The summed E-state index contributed by atoms with van der Waals surface area (Å²) in [6, 6.07) is 10.9. The van der Waals surface area contributed by atoms with E-state index in [1.165, 1.54) is 0 Å². The number of likely N-dealkylation sites (tertiary alicyclic amines) is 1. The number of nitrogens with zero attached hydrogens (tertiary/aromatic N) is 2. The fourth-order valence-corrected chi connectivity index (χ4v) is 6.16. The number of benzene rings is 1. The summed E-state index contributed by atoms with van der Waals surface area (Å²) < 4.78 is 0. The van der Waals surface area contributed by atoms with Crippen molar-refractivity contribution < 1.29 is 19.5 Å². The van der Waals surface area contributed by atoms with Crippen LogP contribution < -0.4 is 4.90 Å². The summed E-state index contributed by atoms with van der Waals surface area (Å²) in [5, 5.41) is 10.1. The zero-order chi connectivity index (χ0) is 27.4. The van der Waals surface area contributed by atoms with Gasteiger partial charge in [0.05, 0.1) is 10.6 Å². The van der Waals surface area contributed by atoms with Crippen LogP contribution in [0.1, 0.15) is 91.1 Å². The average Bonchev–Trinajstić information content (AvgIpc) is 3.32. The summed E-state index contributed by atoms with van der Waals surface area (Å²) in [4.78, 5) is 43.8. The van der Waals surface area contributed by atoms with Crippen LogP contribution in [0.5, 0.6) is 0 Å². The van der Waals surface area contributed by atoms with Crippen molar-refractivity contribution in [2.75, 3.05) is 18.0 Å². The highest BCUT2D eigenvalue weighted by molar-refractivity contribution is 7.15. The van der Waals surface area contributed by atoms with Crippen molar-refractivity contribution in [3.8, 4) is 11.8 Å². The number of carboxylic acid groups (broad SMARTS) is 1. The second-order valence-corrected chi connectivity index (χ2v) is 12.7. The minimum absolute atomic E-state index is 0.00954. The van der Waals surface area contributed by atoms with Gasteiger partial charge >= 0.3 is 5.97 Å². The van der Waals surface area contributed by atoms with Crippen LogP contribution in [0.2, 0.25) is 0 Å². The zero-order valence-electron chi connectivity index (χ0n) is 22.8. The van der Waals surface area contributed by atoms with Crippen LogP contribution in [0.15, 0.2) is 36.4 Å². The minimum Gasteiger partial charge on any atom is -0.477 e. The topological polar surface area (TPSA) is 77.9 Å². The lowest BCUT2D eigenvalue weighted by molar-refractivity contribution is -0.124. The van der Waals surface area contributed by atoms with E-state index in [4.69, 9.17) is 0 Å². The lowest BCUT2D eigenvalue weighted by atomic mass is 9.82. The highest BCUT2D eigenvalue weighted by atomic mass is 32.1. The fraction of sp³-hybridized carbons (Fsp3) is 0.516. The van der Waals surface area contributed by atoms with E-state index in [2.05, 4.69) is 18.8 Å². The molecule has 2 amide bonds. The summed E-state index contributed by atoms with van der Waals surface area (Å²) in [5.74, 6) is 5.78. The molecule has 0 radical (unpaired) electrons. The first-order valence-electron chi connectivity index (χ1n) is 13.6. The van der Waals surface area contributed by atoms with E-state index in [1.807, 2.05) is 56.0 Å². The van der Waals surface area contributed by atoms with Crippen LogP contribution in [0.3, 0.4) is 0 Å². The molecule has 2 aromatic rings. The van der Waals surface area contributed by atoms with Gasteiger partial charge in [0, 0.05) is 36.0 Å². The van der Waals surface area contributed by atoms with Crippen molar-refractivity contribution in [2.45, 2.75) is 72.3 Å². The van der Waals surface area contributed by atoms with Gasteiger partial charge in [0.15, 0.2) is 0 Å². The van der Waals surface area contributed by atoms with Gasteiger partial charge in [0.1, 0.15) is 4.88 Å². The van der Waals surface area contributed by atoms with Crippen LogP contribution in [0.4, 0.5) is 5.69 Å². The Hall–Kier alpha value is -3.11. The fourth-order valence-electron chi connectivity index (χ4n) is 5.31. The monoisotopic (exact) mass is 534 g/mol. The maximum Gasteiger partial charge on any atom is 0.348 e. The molecule has 38 heavy (non-hydrogen) atoms. The van der Waals surface area contributed by atoms with Crippen molar-refractivity contribution in [1.82, 2.24) is 4.90 Å². The molecule has 2 fully saturated rings. The smallest absolute Gasteiger partial charge is 0.348 e. The van der Waals surface area contributed by atoms with Gasteiger partial charge in [-0.15, -0.1) is 11.3 Å². The van der Waals surface area contributed by atoms with Gasteiger partial charge in [0.25, 0.3) is 5.91 Å². The molecule has 1 aromatic heterocycles. The molecular weight excluding hydrogens is 496 g/mol. The zero-order valence-corrected chi connectivity index (χ0v) is 23.6. The van der Waals surface area contributed by atoms with Crippen LogP contribution in [0.25, 0.3) is 0 Å². The number of piperidine rings is 1. The Labute approximate surface area is 230 Å². The van der Waals surface area contributed by atoms with Crippen molar-refractivity contribution in [3.05, 3.63) is 51.7 Å². The first-order chi connectivity index (χ1) is 18.0. The Morgan fingerprint density at radius 2 is 1.63 bits per heavy atom. The van der Waals surface area contributed by atoms with Crippen LogP contribution >= 0.6 is 11.3 Å². The molecule has 0 unspecified atom stereocenters. The Kier molecular flexibility index (Phi) is 8.62. The number of anilines is 1. The Bertz CT molecular complexity index is 1220. The molecule has 0 bridgehead atoms. The summed E-state index contributed by atoms with van der Waals surface area (Å²) >= 11 is 1.14. The number of hydrogen-bond donors (Lipinski definition) is 1. The van der Waals surface area contributed by atoms with E-state index in [1.54, 1.807) is 11.0 Å². The number of thiophene rings is 1. The van der Waals surface area contributed by atoms with E-state index in [0.29, 0.717) is 48.0 Å². The third-order valence-corrected chi connectivity index (χ3v) is 8.49. The molecule has 1 aromatic carbocycles. The van der Waals surface area contributed by atoms with Crippen molar-refractivity contribution in [1.29, 1.82) is 0 Å². The number of rotatable bonds is 5. The lowest BCUT2D eigenvalue weighted by Gasteiger charge is -2.40. The molecule has 2 heterocycles. The normalized spacial score (nSPS) is 20.4. The van der Waals surface area contributed by atoms with Gasteiger partial charge in [0.2, 0.25) is 5.91 Å². The third kappa shape index (κ3) is 6.66. The highest BCUT2D eigenvalue weighted by Crippen LogP contribution is 2.38. The first kappa shape index (κ1) is 27.9. The van der Waals surface area contributed by atoms with Crippen LogP contribution in [-0.2, 0) is 4.79 Å². The molecule has 1 saturated carbocycles. The molecule has 1 N–H and O–H groups in total. The lowest BCUT2D eigenvalue weighted by Crippen LogP contribution is -2.51. The standard InChI is InChI=1S/C31H38N2O4S/c1-21-10-12-23(13-11-21)29(35)33(26-20-25(14-17-31(2,3)4)38-27(26)30(36)37)24-15-18-32(19-16-24)28(34)22-8-6-5-7-9-22/h5-9,20-21,23-24H,10-13,15-16,18-19H2,1-4H3,(H,36,37). The van der Waals surface area contributed by atoms with Gasteiger partial charge in [-0.25, -0.2) is 4.79 Å². The summed E-state index contributed by atoms with van der Waals surface area (Å²) in [7, 11) is 0. The molecule has 202 valence electrons. The van der Waals surface area contributed by atoms with Crippen molar-refractivity contribution >= 4 is 34.8 Å². The van der Waals surface area contributed by atoms with E-state index in [-0.39, 0.29) is 34.1 Å². The van der Waals surface area contributed by atoms with E-state index in [0.717, 1.165) is 37.0 Å². The molecule has 0 atom stereocenters. The predicted octanol–water partition coefficient (Wildman–Crippen LogP) is 6.31. The SMILES string of the molecule is CC1CCC(C(=O)N(c2cc(C#CC(C)(C)C)sc2C(=O)O)C2CCN(C(=O)c3ccccc3)CC2)CC1. The maximum absolute atomic E-state index is 14.1. The number of amides is 2.